The van der Waals surface area contributed by atoms with Crippen molar-refractivity contribution < 1.29 is 4.79 Å². The molecule has 7 heteroatoms. The predicted octanol–water partition coefficient (Wildman–Crippen LogP) is 2.63. The van der Waals surface area contributed by atoms with Crippen molar-refractivity contribution in [2.75, 3.05) is 31.1 Å². The molecule has 0 saturated carbocycles. The van der Waals surface area contributed by atoms with Crippen LogP contribution < -0.4 is 4.90 Å². The van der Waals surface area contributed by atoms with E-state index in [0.717, 1.165) is 47.3 Å². The Labute approximate surface area is 151 Å². The van der Waals surface area contributed by atoms with Crippen LogP contribution in [-0.2, 0) is 6.42 Å². The molecule has 6 nitrogen and oxygen atoms in total. The lowest BCUT2D eigenvalue weighted by Gasteiger charge is -2.22. The number of anilines is 1. The fraction of sp³-hybridized carbons (Fsp3) is 0.444. The van der Waals surface area contributed by atoms with E-state index in [2.05, 4.69) is 27.9 Å². The second-order valence-electron chi connectivity index (χ2n) is 6.00. The number of carbonyl (C=O) groups excluding carboxylic acids is 1. The van der Waals surface area contributed by atoms with Gasteiger partial charge in [0.25, 0.3) is 5.91 Å². The quantitative estimate of drug-likeness (QED) is 0.846. The monoisotopic (exact) mass is 355 g/mol. The summed E-state index contributed by atoms with van der Waals surface area (Å²) in [5, 5.41) is 10.0. The zero-order chi connectivity index (χ0) is 17.8. The van der Waals surface area contributed by atoms with Crippen molar-refractivity contribution in [3.8, 4) is 6.07 Å². The van der Waals surface area contributed by atoms with Gasteiger partial charge in [-0.15, -0.1) is 11.3 Å². The Morgan fingerprint density at radius 2 is 2.12 bits per heavy atom. The number of nitriles is 1. The van der Waals surface area contributed by atoms with Gasteiger partial charge in [0.15, 0.2) is 0 Å². The summed E-state index contributed by atoms with van der Waals surface area (Å²) in [4.78, 5) is 26.5. The number of carbonyl (C=O) groups is 1. The SMILES string of the molecule is CCc1nc(C)c(C(=O)N2CCCN(c3cccc(C#N)n3)CC2)s1. The average molecular weight is 355 g/mol. The number of pyridine rings is 1. The molecule has 0 N–H and O–H groups in total. The molecule has 0 aromatic carbocycles. The minimum Gasteiger partial charge on any atom is -0.355 e. The first-order valence-electron chi connectivity index (χ1n) is 8.50. The van der Waals surface area contributed by atoms with E-state index in [0.29, 0.717) is 18.8 Å². The summed E-state index contributed by atoms with van der Waals surface area (Å²) in [5.41, 5.74) is 1.25. The van der Waals surface area contributed by atoms with Gasteiger partial charge in [-0.25, -0.2) is 9.97 Å². The molecular weight excluding hydrogens is 334 g/mol. The van der Waals surface area contributed by atoms with Gasteiger partial charge in [-0.05, 0) is 31.9 Å². The number of hydrogen-bond donors (Lipinski definition) is 0. The summed E-state index contributed by atoms with van der Waals surface area (Å²) in [7, 11) is 0. The zero-order valence-corrected chi connectivity index (χ0v) is 15.3. The second-order valence-corrected chi connectivity index (χ2v) is 7.08. The van der Waals surface area contributed by atoms with Gasteiger partial charge in [0, 0.05) is 26.2 Å². The molecule has 130 valence electrons. The molecule has 2 aromatic heterocycles. The first-order valence-corrected chi connectivity index (χ1v) is 9.31. The van der Waals surface area contributed by atoms with Crippen molar-refractivity contribution in [1.29, 1.82) is 5.26 Å². The van der Waals surface area contributed by atoms with Crippen LogP contribution in [0.25, 0.3) is 0 Å². The largest absolute Gasteiger partial charge is 0.355 e. The maximum absolute atomic E-state index is 12.9. The Morgan fingerprint density at radius 3 is 2.84 bits per heavy atom. The lowest BCUT2D eigenvalue weighted by Crippen LogP contribution is -2.35. The van der Waals surface area contributed by atoms with E-state index in [9.17, 15) is 4.79 Å². The van der Waals surface area contributed by atoms with Gasteiger partial charge in [-0.1, -0.05) is 13.0 Å². The predicted molar refractivity (Wildman–Crippen MR) is 97.9 cm³/mol. The van der Waals surface area contributed by atoms with Gasteiger partial charge in [-0.3, -0.25) is 4.79 Å². The van der Waals surface area contributed by atoms with E-state index in [1.165, 1.54) is 11.3 Å². The molecule has 0 atom stereocenters. The molecule has 1 fully saturated rings. The summed E-state index contributed by atoms with van der Waals surface area (Å²) in [6.07, 6.45) is 1.73. The Morgan fingerprint density at radius 1 is 1.28 bits per heavy atom. The number of nitrogens with zero attached hydrogens (tertiary/aromatic N) is 5. The molecule has 0 unspecified atom stereocenters. The molecule has 0 radical (unpaired) electrons. The highest BCUT2D eigenvalue weighted by Gasteiger charge is 2.24. The Kier molecular flexibility index (Phi) is 5.29. The molecule has 3 heterocycles. The lowest BCUT2D eigenvalue weighted by molar-refractivity contribution is 0.0771. The molecule has 0 bridgehead atoms. The summed E-state index contributed by atoms with van der Waals surface area (Å²) in [6.45, 7) is 6.88. The van der Waals surface area contributed by atoms with Crippen molar-refractivity contribution in [3.05, 3.63) is 39.5 Å². The third kappa shape index (κ3) is 3.80. The first-order chi connectivity index (χ1) is 12.1. The van der Waals surface area contributed by atoms with Gasteiger partial charge in [0.1, 0.15) is 22.5 Å². The molecule has 25 heavy (non-hydrogen) atoms. The van der Waals surface area contributed by atoms with Crippen LogP contribution in [0.3, 0.4) is 0 Å². The summed E-state index contributed by atoms with van der Waals surface area (Å²) in [5.74, 6) is 0.880. The molecular formula is C18H21N5OS. The maximum atomic E-state index is 12.9. The average Bonchev–Trinajstić information content (AvgIpc) is 2.86. The summed E-state index contributed by atoms with van der Waals surface area (Å²) < 4.78 is 0. The highest BCUT2D eigenvalue weighted by Crippen LogP contribution is 2.22. The standard InChI is InChI=1S/C18H21N5OS/c1-3-16-20-13(2)17(25-16)18(24)23-9-5-8-22(10-11-23)15-7-4-6-14(12-19)21-15/h4,6-7H,3,5,8-11H2,1-2H3. The van der Waals surface area contributed by atoms with Gasteiger partial charge >= 0.3 is 0 Å². The fourth-order valence-electron chi connectivity index (χ4n) is 2.96. The van der Waals surface area contributed by atoms with Crippen LogP contribution in [0.5, 0.6) is 0 Å². The van der Waals surface area contributed by atoms with E-state index in [4.69, 9.17) is 5.26 Å². The maximum Gasteiger partial charge on any atom is 0.265 e. The van der Waals surface area contributed by atoms with E-state index < -0.39 is 0 Å². The minimum atomic E-state index is 0.0790. The van der Waals surface area contributed by atoms with E-state index in [1.807, 2.05) is 24.0 Å². The van der Waals surface area contributed by atoms with Crippen molar-refractivity contribution in [2.24, 2.45) is 0 Å². The van der Waals surface area contributed by atoms with Crippen LogP contribution in [-0.4, -0.2) is 47.0 Å². The molecule has 1 aliphatic heterocycles. The van der Waals surface area contributed by atoms with Crippen LogP contribution in [0, 0.1) is 18.3 Å². The number of aromatic nitrogens is 2. The number of hydrogen-bond acceptors (Lipinski definition) is 6. The topological polar surface area (TPSA) is 73.1 Å². The molecule has 1 aliphatic rings. The molecule has 2 aromatic rings. The first kappa shape index (κ1) is 17.4. The van der Waals surface area contributed by atoms with Crippen molar-refractivity contribution in [2.45, 2.75) is 26.7 Å². The Balaban J connectivity index is 1.71. The Bertz CT molecular complexity index is 810. The van der Waals surface area contributed by atoms with Crippen molar-refractivity contribution in [3.63, 3.8) is 0 Å². The summed E-state index contributed by atoms with van der Waals surface area (Å²) >= 11 is 1.51. The summed E-state index contributed by atoms with van der Waals surface area (Å²) in [6, 6.07) is 7.54. The number of rotatable bonds is 3. The third-order valence-corrected chi connectivity index (χ3v) is 5.58. The molecule has 0 spiro atoms. The van der Waals surface area contributed by atoms with E-state index >= 15 is 0 Å². The molecule has 0 aliphatic carbocycles. The lowest BCUT2D eigenvalue weighted by atomic mass is 10.3. The van der Waals surface area contributed by atoms with Crippen molar-refractivity contribution in [1.82, 2.24) is 14.9 Å². The smallest absolute Gasteiger partial charge is 0.265 e. The number of aryl methyl sites for hydroxylation is 2. The zero-order valence-electron chi connectivity index (χ0n) is 14.5. The normalized spacial score (nSPS) is 14.9. The van der Waals surface area contributed by atoms with E-state index in [1.54, 1.807) is 6.07 Å². The van der Waals surface area contributed by atoms with Crippen LogP contribution in [0.4, 0.5) is 5.82 Å². The van der Waals surface area contributed by atoms with Gasteiger partial charge in [0.2, 0.25) is 0 Å². The van der Waals surface area contributed by atoms with Crippen LogP contribution in [0.15, 0.2) is 18.2 Å². The highest BCUT2D eigenvalue weighted by molar-refractivity contribution is 7.13. The fourth-order valence-corrected chi connectivity index (χ4v) is 3.93. The van der Waals surface area contributed by atoms with Gasteiger partial charge in [0.05, 0.1) is 10.7 Å². The van der Waals surface area contributed by atoms with Crippen LogP contribution in [0.1, 0.15) is 39.4 Å². The number of amides is 1. The van der Waals surface area contributed by atoms with Crippen LogP contribution >= 0.6 is 11.3 Å². The minimum absolute atomic E-state index is 0.0790. The van der Waals surface area contributed by atoms with Gasteiger partial charge in [-0.2, -0.15) is 5.26 Å². The molecule has 1 saturated heterocycles. The molecule has 3 rings (SSSR count). The second kappa shape index (κ2) is 7.62. The Hall–Kier alpha value is -2.46. The van der Waals surface area contributed by atoms with Gasteiger partial charge < -0.3 is 9.80 Å². The van der Waals surface area contributed by atoms with E-state index in [-0.39, 0.29) is 5.91 Å². The molecule has 1 amide bonds. The highest BCUT2D eigenvalue weighted by atomic mass is 32.1. The van der Waals surface area contributed by atoms with Crippen LogP contribution in [0.2, 0.25) is 0 Å². The van der Waals surface area contributed by atoms with Crippen molar-refractivity contribution >= 4 is 23.1 Å². The third-order valence-electron chi connectivity index (χ3n) is 4.29. The number of thiazole rings is 1.